The van der Waals surface area contributed by atoms with E-state index < -0.39 is 4.92 Å². The van der Waals surface area contributed by atoms with E-state index in [4.69, 9.17) is 5.73 Å². The molecule has 3 rings (SSSR count). The number of anilines is 1. The van der Waals surface area contributed by atoms with Gasteiger partial charge >= 0.3 is 0 Å². The summed E-state index contributed by atoms with van der Waals surface area (Å²) in [5, 5.41) is 25.1. The average Bonchev–Trinajstić information content (AvgIpc) is 2.59. The topological polar surface area (TPSA) is 127 Å². The Bertz CT molecular complexity index is 943. The summed E-state index contributed by atoms with van der Waals surface area (Å²) in [6, 6.07) is 11.1. The second-order valence-electron chi connectivity index (χ2n) is 5.73. The number of aromatic hydroxyl groups is 1. The lowest BCUT2D eigenvalue weighted by Gasteiger charge is -2.13. The highest BCUT2D eigenvalue weighted by Gasteiger charge is 2.16. The minimum atomic E-state index is -0.529. The molecule has 4 N–H and O–H groups in total. The van der Waals surface area contributed by atoms with E-state index in [1.807, 2.05) is 31.2 Å². The molecule has 1 atom stereocenters. The highest BCUT2D eigenvalue weighted by Crippen LogP contribution is 2.32. The van der Waals surface area contributed by atoms with Crippen molar-refractivity contribution in [2.45, 2.75) is 13.0 Å². The van der Waals surface area contributed by atoms with Gasteiger partial charge < -0.3 is 16.2 Å². The van der Waals surface area contributed by atoms with Gasteiger partial charge in [0.25, 0.3) is 5.69 Å². The van der Waals surface area contributed by atoms with Crippen molar-refractivity contribution in [1.29, 1.82) is 0 Å². The van der Waals surface area contributed by atoms with Gasteiger partial charge in [-0.05, 0) is 25.1 Å². The molecule has 0 aliphatic heterocycles. The third-order valence-corrected chi connectivity index (χ3v) is 3.63. The van der Waals surface area contributed by atoms with E-state index in [2.05, 4.69) is 15.3 Å². The predicted molar refractivity (Wildman–Crippen MR) is 95.4 cm³/mol. The van der Waals surface area contributed by atoms with Crippen molar-refractivity contribution < 1.29 is 10.0 Å². The number of hydrogen-bond donors (Lipinski definition) is 3. The van der Waals surface area contributed by atoms with E-state index in [1.54, 1.807) is 0 Å². The highest BCUT2D eigenvalue weighted by atomic mass is 16.6. The number of para-hydroxylation sites is 1. The first-order chi connectivity index (χ1) is 12.0. The molecule has 0 aliphatic carbocycles. The van der Waals surface area contributed by atoms with Gasteiger partial charge in [-0.15, -0.1) is 0 Å². The zero-order chi connectivity index (χ0) is 18.0. The standard InChI is InChI=1S/C17H17N5O3/c1-10(18)9-19-16-12-4-2-3-5-14(12)20-17(21-16)13-8-11(22(24)25)6-7-15(13)23/h2-8,10,23H,9,18H2,1H3,(H,19,20,21). The maximum absolute atomic E-state index is 11.0. The maximum atomic E-state index is 11.0. The van der Waals surface area contributed by atoms with E-state index in [-0.39, 0.29) is 28.9 Å². The molecular weight excluding hydrogens is 322 g/mol. The average molecular weight is 339 g/mol. The van der Waals surface area contributed by atoms with Crippen LogP contribution in [-0.4, -0.2) is 32.6 Å². The van der Waals surface area contributed by atoms with Crippen LogP contribution in [0.4, 0.5) is 11.5 Å². The Morgan fingerprint density at radius 2 is 2.04 bits per heavy atom. The zero-order valence-corrected chi connectivity index (χ0v) is 13.5. The van der Waals surface area contributed by atoms with Gasteiger partial charge in [0, 0.05) is 30.1 Å². The Kier molecular flexibility index (Phi) is 4.44. The predicted octanol–water partition coefficient (Wildman–Crippen LogP) is 2.67. The molecule has 0 bridgehead atoms. The molecule has 1 aromatic heterocycles. The molecular formula is C17H17N5O3. The summed E-state index contributed by atoms with van der Waals surface area (Å²) < 4.78 is 0. The van der Waals surface area contributed by atoms with Crippen molar-refractivity contribution in [2.75, 3.05) is 11.9 Å². The van der Waals surface area contributed by atoms with Gasteiger partial charge in [0.2, 0.25) is 0 Å². The number of rotatable bonds is 5. The molecule has 25 heavy (non-hydrogen) atoms. The van der Waals surface area contributed by atoms with Crippen LogP contribution >= 0.6 is 0 Å². The quantitative estimate of drug-likeness (QED) is 0.481. The molecule has 2 aromatic carbocycles. The summed E-state index contributed by atoms with van der Waals surface area (Å²) >= 11 is 0. The van der Waals surface area contributed by atoms with Crippen LogP contribution in [-0.2, 0) is 0 Å². The Morgan fingerprint density at radius 1 is 1.28 bits per heavy atom. The lowest BCUT2D eigenvalue weighted by atomic mass is 10.1. The third kappa shape index (κ3) is 3.48. The van der Waals surface area contributed by atoms with Gasteiger partial charge in [-0.25, -0.2) is 9.97 Å². The maximum Gasteiger partial charge on any atom is 0.270 e. The molecule has 0 saturated carbocycles. The van der Waals surface area contributed by atoms with Crippen molar-refractivity contribution >= 4 is 22.4 Å². The van der Waals surface area contributed by atoms with Crippen LogP contribution in [0.5, 0.6) is 5.75 Å². The first-order valence-corrected chi connectivity index (χ1v) is 7.69. The molecule has 0 spiro atoms. The molecule has 0 radical (unpaired) electrons. The van der Waals surface area contributed by atoms with Crippen LogP contribution in [0.15, 0.2) is 42.5 Å². The number of aromatic nitrogens is 2. The highest BCUT2D eigenvalue weighted by molar-refractivity contribution is 5.91. The molecule has 8 heteroatoms. The fourth-order valence-electron chi connectivity index (χ4n) is 2.41. The largest absolute Gasteiger partial charge is 0.507 e. The summed E-state index contributed by atoms with van der Waals surface area (Å²) in [5.74, 6) is 0.634. The Hall–Kier alpha value is -3.26. The minimum Gasteiger partial charge on any atom is -0.507 e. The molecule has 0 aliphatic rings. The number of fused-ring (bicyclic) bond motifs is 1. The van der Waals surface area contributed by atoms with Gasteiger partial charge in [-0.1, -0.05) is 12.1 Å². The van der Waals surface area contributed by atoms with Crippen molar-refractivity contribution in [3.63, 3.8) is 0 Å². The fraction of sp³-hybridized carbons (Fsp3) is 0.176. The van der Waals surface area contributed by atoms with E-state index in [0.717, 1.165) is 5.39 Å². The SMILES string of the molecule is CC(N)CNc1nc(-c2cc([N+](=O)[O-])ccc2O)nc2ccccc12. The number of nitrogens with zero attached hydrogens (tertiary/aromatic N) is 3. The number of nitrogens with two attached hydrogens (primary N) is 1. The lowest BCUT2D eigenvalue weighted by molar-refractivity contribution is -0.384. The Morgan fingerprint density at radius 3 is 2.76 bits per heavy atom. The van der Waals surface area contributed by atoms with E-state index in [0.29, 0.717) is 17.9 Å². The third-order valence-electron chi connectivity index (χ3n) is 3.63. The molecule has 0 saturated heterocycles. The molecule has 0 amide bonds. The summed E-state index contributed by atoms with van der Waals surface area (Å²) in [5.41, 5.74) is 6.50. The summed E-state index contributed by atoms with van der Waals surface area (Å²) in [6.07, 6.45) is 0. The number of phenols is 1. The molecule has 8 nitrogen and oxygen atoms in total. The van der Waals surface area contributed by atoms with Crippen LogP contribution in [0.3, 0.4) is 0 Å². The van der Waals surface area contributed by atoms with Crippen LogP contribution < -0.4 is 11.1 Å². The fourth-order valence-corrected chi connectivity index (χ4v) is 2.41. The number of phenolic OH excluding ortho intramolecular Hbond substituents is 1. The second-order valence-corrected chi connectivity index (χ2v) is 5.73. The van der Waals surface area contributed by atoms with E-state index in [1.165, 1.54) is 18.2 Å². The number of non-ortho nitro benzene ring substituents is 1. The Balaban J connectivity index is 2.17. The van der Waals surface area contributed by atoms with Crippen LogP contribution in [0.1, 0.15) is 6.92 Å². The number of hydrogen-bond acceptors (Lipinski definition) is 7. The normalized spacial score (nSPS) is 12.1. The van der Waals surface area contributed by atoms with Crippen molar-refractivity contribution in [3.8, 4) is 17.1 Å². The van der Waals surface area contributed by atoms with Crippen LogP contribution in [0.25, 0.3) is 22.3 Å². The van der Waals surface area contributed by atoms with Gasteiger partial charge in [0.05, 0.1) is 16.0 Å². The number of nitro benzene ring substituents is 1. The van der Waals surface area contributed by atoms with Gasteiger partial charge in [-0.3, -0.25) is 10.1 Å². The number of nitro groups is 1. The van der Waals surface area contributed by atoms with Crippen molar-refractivity contribution in [3.05, 3.63) is 52.6 Å². The first-order valence-electron chi connectivity index (χ1n) is 7.69. The van der Waals surface area contributed by atoms with Gasteiger partial charge in [-0.2, -0.15) is 0 Å². The van der Waals surface area contributed by atoms with Crippen molar-refractivity contribution in [2.24, 2.45) is 5.73 Å². The van der Waals surface area contributed by atoms with Crippen LogP contribution in [0, 0.1) is 10.1 Å². The van der Waals surface area contributed by atoms with Gasteiger partial charge in [0.1, 0.15) is 11.6 Å². The monoisotopic (exact) mass is 339 g/mol. The van der Waals surface area contributed by atoms with E-state index >= 15 is 0 Å². The Labute approximate surface area is 143 Å². The lowest BCUT2D eigenvalue weighted by Crippen LogP contribution is -2.25. The first kappa shape index (κ1) is 16.6. The van der Waals surface area contributed by atoms with E-state index in [9.17, 15) is 15.2 Å². The molecule has 128 valence electrons. The van der Waals surface area contributed by atoms with Gasteiger partial charge in [0.15, 0.2) is 5.82 Å². The molecule has 0 fully saturated rings. The molecule has 1 heterocycles. The molecule has 3 aromatic rings. The minimum absolute atomic E-state index is 0.0802. The summed E-state index contributed by atoms with van der Waals surface area (Å²) in [7, 11) is 0. The summed E-state index contributed by atoms with van der Waals surface area (Å²) in [4.78, 5) is 19.4. The second kappa shape index (κ2) is 6.70. The van der Waals surface area contributed by atoms with Crippen LogP contribution in [0.2, 0.25) is 0 Å². The number of benzene rings is 2. The molecule has 1 unspecified atom stereocenters. The smallest absolute Gasteiger partial charge is 0.270 e. The zero-order valence-electron chi connectivity index (χ0n) is 13.5. The summed E-state index contributed by atoms with van der Waals surface area (Å²) in [6.45, 7) is 2.37. The van der Waals surface area contributed by atoms with Crippen molar-refractivity contribution in [1.82, 2.24) is 9.97 Å². The number of nitrogens with one attached hydrogen (secondary N) is 1.